The van der Waals surface area contributed by atoms with Gasteiger partial charge in [0.1, 0.15) is 11.6 Å². The first-order chi connectivity index (χ1) is 17.7. The zero-order valence-corrected chi connectivity index (χ0v) is 21.8. The molecule has 3 aliphatic heterocycles. The number of rotatable bonds is 5. The van der Waals surface area contributed by atoms with E-state index < -0.39 is 17.7 Å². The molecule has 3 aliphatic rings. The van der Waals surface area contributed by atoms with E-state index in [2.05, 4.69) is 36.2 Å². The molecule has 5 rings (SSSR count). The smallest absolute Gasteiger partial charge is 0.246 e. The number of hydrogen-bond donors (Lipinski definition) is 2. The van der Waals surface area contributed by atoms with Crippen LogP contribution in [0.25, 0.3) is 6.08 Å². The van der Waals surface area contributed by atoms with Crippen LogP contribution in [-0.2, 0) is 10.2 Å². The second-order valence-electron chi connectivity index (χ2n) is 11.2. The molecule has 2 aromatic rings. The van der Waals surface area contributed by atoms with Crippen molar-refractivity contribution in [3.8, 4) is 0 Å². The van der Waals surface area contributed by atoms with Crippen LogP contribution in [-0.4, -0.2) is 66.2 Å². The number of aliphatic hydroxyl groups excluding tert-OH is 1. The molecule has 198 valence electrons. The molecular formula is C30H37F2N3O2. The number of β-amino-alcohol motifs (C(OH)–C–C–N with tert-alkyl or cyclic N) is 1. The van der Waals surface area contributed by atoms with Gasteiger partial charge < -0.3 is 20.2 Å². The number of carbonyl (C=O) groups excluding carboxylic acids is 1. The number of nitrogens with zero attached hydrogens (tertiary/aromatic N) is 2. The Bertz CT molecular complexity index is 1160. The number of hydrogen-bond acceptors (Lipinski definition) is 4. The minimum atomic E-state index is -0.666. The van der Waals surface area contributed by atoms with Gasteiger partial charge in [0.15, 0.2) is 0 Å². The van der Waals surface area contributed by atoms with Gasteiger partial charge in [-0.05, 0) is 105 Å². The van der Waals surface area contributed by atoms with E-state index in [9.17, 15) is 18.7 Å². The quantitative estimate of drug-likeness (QED) is 0.576. The van der Waals surface area contributed by atoms with Crippen molar-refractivity contribution in [2.45, 2.75) is 51.0 Å². The predicted octanol–water partition coefficient (Wildman–Crippen LogP) is 4.65. The van der Waals surface area contributed by atoms with E-state index in [4.69, 9.17) is 0 Å². The number of halogens is 2. The second-order valence-corrected chi connectivity index (χ2v) is 11.2. The van der Waals surface area contributed by atoms with Gasteiger partial charge in [-0.2, -0.15) is 0 Å². The molecule has 5 nitrogen and oxygen atoms in total. The standard InChI is InChI=1S/C30H37F2N3O2/c1-20-13-21(2)29-26(14-20)33-19-30(29)7-11-34(12-8-30)18-27(36)23-5-9-35(10-6-23)28(37)4-3-22-15-24(31)17-25(32)16-22/h3-4,13-17,23,27,33,36H,5-12,18-19H2,1-2H3/b4-3+. The molecule has 2 fully saturated rings. The van der Waals surface area contributed by atoms with Gasteiger partial charge >= 0.3 is 0 Å². The van der Waals surface area contributed by atoms with Crippen LogP contribution < -0.4 is 5.32 Å². The molecule has 37 heavy (non-hydrogen) atoms. The van der Waals surface area contributed by atoms with Gasteiger partial charge in [-0.1, -0.05) is 6.07 Å². The van der Waals surface area contributed by atoms with Crippen LogP contribution in [0.2, 0.25) is 0 Å². The Kier molecular flexibility index (Phi) is 7.37. The zero-order valence-electron chi connectivity index (χ0n) is 21.8. The molecule has 0 aliphatic carbocycles. The van der Waals surface area contributed by atoms with E-state index in [0.717, 1.165) is 51.4 Å². The Morgan fingerprint density at radius 3 is 2.43 bits per heavy atom. The van der Waals surface area contributed by atoms with Crippen molar-refractivity contribution >= 4 is 17.7 Å². The zero-order chi connectivity index (χ0) is 26.2. The summed E-state index contributed by atoms with van der Waals surface area (Å²) in [4.78, 5) is 16.7. The normalized spacial score (nSPS) is 20.8. The van der Waals surface area contributed by atoms with Crippen molar-refractivity contribution in [3.05, 3.63) is 70.3 Å². The first-order valence-electron chi connectivity index (χ1n) is 13.4. The molecule has 2 N–H and O–H groups in total. The van der Waals surface area contributed by atoms with Crippen LogP contribution in [0.3, 0.4) is 0 Å². The number of anilines is 1. The fourth-order valence-electron chi connectivity index (χ4n) is 6.62. The van der Waals surface area contributed by atoms with Crippen LogP contribution in [0, 0.1) is 31.4 Å². The summed E-state index contributed by atoms with van der Waals surface area (Å²) in [7, 11) is 0. The summed E-state index contributed by atoms with van der Waals surface area (Å²) in [5, 5.41) is 14.6. The Hall–Kier alpha value is -2.77. The van der Waals surface area contributed by atoms with Crippen molar-refractivity contribution in [2.24, 2.45) is 5.92 Å². The molecule has 0 aromatic heterocycles. The topological polar surface area (TPSA) is 55.8 Å². The Labute approximate surface area is 218 Å². The van der Waals surface area contributed by atoms with Crippen molar-refractivity contribution in [3.63, 3.8) is 0 Å². The van der Waals surface area contributed by atoms with Crippen LogP contribution in [0.5, 0.6) is 0 Å². The lowest BCUT2D eigenvalue weighted by molar-refractivity contribution is -0.128. The highest BCUT2D eigenvalue weighted by atomic mass is 19.1. The van der Waals surface area contributed by atoms with Gasteiger partial charge in [0.25, 0.3) is 0 Å². The van der Waals surface area contributed by atoms with Crippen molar-refractivity contribution in [2.75, 3.05) is 44.6 Å². The van der Waals surface area contributed by atoms with E-state index in [1.165, 1.54) is 46.7 Å². The van der Waals surface area contributed by atoms with Gasteiger partial charge in [-0.15, -0.1) is 0 Å². The Morgan fingerprint density at radius 1 is 1.08 bits per heavy atom. The fourth-order valence-corrected chi connectivity index (χ4v) is 6.62. The predicted molar refractivity (Wildman–Crippen MR) is 142 cm³/mol. The van der Waals surface area contributed by atoms with Crippen molar-refractivity contribution < 1.29 is 18.7 Å². The largest absolute Gasteiger partial charge is 0.392 e. The summed E-state index contributed by atoms with van der Waals surface area (Å²) >= 11 is 0. The minimum Gasteiger partial charge on any atom is -0.392 e. The first-order valence-corrected chi connectivity index (χ1v) is 13.4. The molecule has 3 heterocycles. The SMILES string of the molecule is Cc1cc(C)c2c(c1)NCC21CCN(CC(O)C2CCN(C(=O)/C=C/c3cc(F)cc(F)c3)CC2)CC1. The first kappa shape index (κ1) is 25.9. The third-order valence-corrected chi connectivity index (χ3v) is 8.58. The molecule has 0 bridgehead atoms. The summed E-state index contributed by atoms with van der Waals surface area (Å²) in [5.74, 6) is -1.34. The molecule has 0 radical (unpaired) electrons. The van der Waals surface area contributed by atoms with E-state index in [1.807, 2.05) is 0 Å². The minimum absolute atomic E-state index is 0.167. The van der Waals surface area contributed by atoms with Crippen molar-refractivity contribution in [1.82, 2.24) is 9.80 Å². The Morgan fingerprint density at radius 2 is 1.76 bits per heavy atom. The van der Waals surface area contributed by atoms with Gasteiger partial charge in [-0.25, -0.2) is 8.78 Å². The molecule has 1 amide bonds. The van der Waals surface area contributed by atoms with Crippen LogP contribution in [0.4, 0.5) is 14.5 Å². The highest BCUT2D eigenvalue weighted by Gasteiger charge is 2.43. The number of aliphatic hydroxyl groups is 1. The molecular weight excluding hydrogens is 472 g/mol. The van der Waals surface area contributed by atoms with Gasteiger partial charge in [0.2, 0.25) is 5.91 Å². The summed E-state index contributed by atoms with van der Waals surface area (Å²) < 4.78 is 26.7. The molecule has 1 unspecified atom stereocenters. The summed E-state index contributed by atoms with van der Waals surface area (Å²) in [6, 6.07) is 7.76. The number of fused-ring (bicyclic) bond motifs is 2. The maximum absolute atomic E-state index is 13.4. The highest BCUT2D eigenvalue weighted by Crippen LogP contribution is 2.46. The highest BCUT2D eigenvalue weighted by molar-refractivity contribution is 5.91. The molecule has 7 heteroatoms. The number of carbonyl (C=O) groups is 1. The Balaban J connectivity index is 1.09. The van der Waals surface area contributed by atoms with Crippen LogP contribution in [0.1, 0.15) is 47.9 Å². The summed E-state index contributed by atoms with van der Waals surface area (Å²) in [6.45, 7) is 9.16. The average molecular weight is 510 g/mol. The fraction of sp³-hybridized carbons (Fsp3) is 0.500. The molecule has 2 aromatic carbocycles. The molecule has 1 atom stereocenters. The number of aryl methyl sites for hydroxylation is 2. The molecule has 2 saturated heterocycles. The number of likely N-dealkylation sites (tertiary alicyclic amines) is 2. The van der Waals surface area contributed by atoms with E-state index in [0.29, 0.717) is 25.2 Å². The van der Waals surface area contributed by atoms with E-state index >= 15 is 0 Å². The van der Waals surface area contributed by atoms with Crippen molar-refractivity contribution in [1.29, 1.82) is 0 Å². The number of piperidine rings is 2. The third kappa shape index (κ3) is 5.58. The number of amides is 1. The van der Waals surface area contributed by atoms with Crippen LogP contribution >= 0.6 is 0 Å². The third-order valence-electron chi connectivity index (χ3n) is 8.58. The molecule has 1 spiro atoms. The second kappa shape index (κ2) is 10.5. The average Bonchev–Trinajstić information content (AvgIpc) is 3.21. The van der Waals surface area contributed by atoms with Crippen LogP contribution in [0.15, 0.2) is 36.4 Å². The van der Waals surface area contributed by atoms with Gasteiger partial charge in [-0.3, -0.25) is 4.79 Å². The lowest BCUT2D eigenvalue weighted by atomic mass is 9.72. The summed E-state index contributed by atoms with van der Waals surface area (Å²) in [5.41, 5.74) is 5.99. The lowest BCUT2D eigenvalue weighted by Crippen LogP contribution is -2.48. The number of benzene rings is 2. The van der Waals surface area contributed by atoms with E-state index in [-0.39, 0.29) is 17.2 Å². The van der Waals surface area contributed by atoms with Gasteiger partial charge in [0.05, 0.1) is 6.10 Å². The number of nitrogens with one attached hydrogen (secondary N) is 1. The molecule has 0 saturated carbocycles. The lowest BCUT2D eigenvalue weighted by Gasteiger charge is -2.42. The monoisotopic (exact) mass is 509 g/mol. The van der Waals surface area contributed by atoms with Gasteiger partial charge in [0, 0.05) is 49.4 Å². The van der Waals surface area contributed by atoms with E-state index in [1.54, 1.807) is 4.90 Å². The maximum Gasteiger partial charge on any atom is 0.246 e. The summed E-state index contributed by atoms with van der Waals surface area (Å²) in [6.07, 6.45) is 6.10. The maximum atomic E-state index is 13.4.